The van der Waals surface area contributed by atoms with E-state index in [9.17, 15) is 18.0 Å². The van der Waals surface area contributed by atoms with E-state index in [1.165, 1.54) is 4.31 Å². The van der Waals surface area contributed by atoms with Crippen molar-refractivity contribution in [3.63, 3.8) is 0 Å². The van der Waals surface area contributed by atoms with E-state index < -0.39 is 10.0 Å². The molecular weight excluding hydrogens is 428 g/mol. The van der Waals surface area contributed by atoms with Gasteiger partial charge >= 0.3 is 5.69 Å². The zero-order valence-electron chi connectivity index (χ0n) is 17.7. The molecule has 2 aromatic carbocycles. The summed E-state index contributed by atoms with van der Waals surface area (Å²) in [7, 11) is -3.53. The molecule has 1 amide bonds. The number of sulfonamides is 1. The van der Waals surface area contributed by atoms with Crippen molar-refractivity contribution in [1.29, 1.82) is 0 Å². The lowest BCUT2D eigenvalue weighted by atomic mass is 10.1. The maximum absolute atomic E-state index is 12.8. The van der Waals surface area contributed by atoms with Crippen LogP contribution < -0.4 is 15.3 Å². The predicted octanol–water partition coefficient (Wildman–Crippen LogP) is 2.57. The normalized spacial score (nSPS) is 16.6. The molecule has 0 atom stereocenters. The van der Waals surface area contributed by atoms with Crippen molar-refractivity contribution in [1.82, 2.24) is 14.9 Å². The lowest BCUT2D eigenvalue weighted by Crippen LogP contribution is -2.37. The molecule has 0 unspecified atom stereocenters. The van der Waals surface area contributed by atoms with Crippen molar-refractivity contribution >= 4 is 32.7 Å². The summed E-state index contributed by atoms with van der Waals surface area (Å²) < 4.78 is 28.8. The molecule has 168 valence electrons. The van der Waals surface area contributed by atoms with Gasteiger partial charge in [-0.1, -0.05) is 31.0 Å². The molecule has 2 aliphatic rings. The third kappa shape index (κ3) is 3.70. The van der Waals surface area contributed by atoms with Gasteiger partial charge in [-0.05, 0) is 49.1 Å². The van der Waals surface area contributed by atoms with Gasteiger partial charge < -0.3 is 10.3 Å². The van der Waals surface area contributed by atoms with E-state index in [-0.39, 0.29) is 29.9 Å². The first-order chi connectivity index (χ1) is 15.4. The van der Waals surface area contributed by atoms with Crippen molar-refractivity contribution in [2.45, 2.75) is 38.1 Å². The zero-order valence-corrected chi connectivity index (χ0v) is 18.5. The van der Waals surface area contributed by atoms with Crippen LogP contribution in [0.15, 0.2) is 47.3 Å². The molecule has 1 saturated carbocycles. The minimum absolute atomic E-state index is 0.0114. The van der Waals surface area contributed by atoms with Gasteiger partial charge in [0.1, 0.15) is 0 Å². The highest BCUT2D eigenvalue weighted by atomic mass is 32.2. The molecule has 3 aromatic rings. The van der Waals surface area contributed by atoms with E-state index in [0.29, 0.717) is 24.0 Å². The second-order valence-electron chi connectivity index (χ2n) is 8.49. The maximum atomic E-state index is 12.8. The minimum Gasteiger partial charge on any atom is -0.351 e. The Labute approximate surface area is 186 Å². The van der Waals surface area contributed by atoms with Crippen LogP contribution in [-0.2, 0) is 16.4 Å². The highest BCUT2D eigenvalue weighted by Gasteiger charge is 2.29. The van der Waals surface area contributed by atoms with E-state index in [2.05, 4.69) is 10.3 Å². The van der Waals surface area contributed by atoms with Crippen LogP contribution >= 0.6 is 0 Å². The molecule has 1 aliphatic heterocycles. The second-order valence-corrected chi connectivity index (χ2v) is 10.5. The lowest BCUT2D eigenvalue weighted by Gasteiger charge is -2.19. The number of amides is 1. The van der Waals surface area contributed by atoms with Crippen molar-refractivity contribution in [2.75, 3.05) is 23.1 Å². The van der Waals surface area contributed by atoms with Crippen molar-refractivity contribution in [3.8, 4) is 0 Å². The number of fused-ring (bicyclic) bond motifs is 2. The van der Waals surface area contributed by atoms with Gasteiger partial charge in [-0.15, -0.1) is 0 Å². The van der Waals surface area contributed by atoms with Gasteiger partial charge in [0.15, 0.2) is 0 Å². The predicted molar refractivity (Wildman–Crippen MR) is 124 cm³/mol. The molecule has 0 saturated heterocycles. The number of hydrogen-bond acceptors (Lipinski definition) is 4. The summed E-state index contributed by atoms with van der Waals surface area (Å²) in [6.07, 6.45) is 4.92. The Kier molecular flexibility index (Phi) is 5.28. The van der Waals surface area contributed by atoms with Crippen LogP contribution in [0.3, 0.4) is 0 Å². The molecule has 0 spiro atoms. The summed E-state index contributed by atoms with van der Waals surface area (Å²) in [6.45, 7) is 0.440. The Morgan fingerprint density at radius 3 is 2.72 bits per heavy atom. The number of carbonyl (C=O) groups excluding carboxylic acids is 1. The standard InChI is InChI=1S/C23H26N4O4S/c28-22(24-12-14-32(30,31)26-13-11-16-5-1-4-8-20(16)26)17-9-10-21-19(15-17)25-23(29)27(21)18-6-2-3-7-18/h1,4-5,8-10,15,18H,2-3,6-7,11-14H2,(H,24,28)(H,25,29). The molecule has 5 rings (SSSR count). The Bertz CT molecular complexity index is 1340. The number of rotatable bonds is 6. The zero-order chi connectivity index (χ0) is 22.3. The van der Waals surface area contributed by atoms with Crippen molar-refractivity contribution in [3.05, 3.63) is 64.1 Å². The first-order valence-corrected chi connectivity index (χ1v) is 12.7. The third-order valence-corrected chi connectivity index (χ3v) is 8.27. The number of nitrogens with one attached hydrogen (secondary N) is 2. The van der Waals surface area contributed by atoms with Crippen LogP contribution in [0.5, 0.6) is 0 Å². The van der Waals surface area contributed by atoms with E-state index in [0.717, 1.165) is 42.5 Å². The summed E-state index contributed by atoms with van der Waals surface area (Å²) in [4.78, 5) is 27.9. The Hall–Kier alpha value is -3.07. The fourth-order valence-corrected chi connectivity index (χ4v) is 6.33. The molecule has 8 nitrogen and oxygen atoms in total. The number of aromatic nitrogens is 2. The number of carbonyl (C=O) groups is 1. The number of imidazole rings is 1. The summed E-state index contributed by atoms with van der Waals surface area (Å²) in [5.74, 6) is -0.539. The largest absolute Gasteiger partial charge is 0.351 e. The first kappa shape index (κ1) is 20.8. The summed E-state index contributed by atoms with van der Waals surface area (Å²) in [5, 5.41) is 2.70. The first-order valence-electron chi connectivity index (χ1n) is 11.0. The van der Waals surface area contributed by atoms with Crippen LogP contribution in [0.25, 0.3) is 11.0 Å². The topological polar surface area (TPSA) is 104 Å². The van der Waals surface area contributed by atoms with Crippen LogP contribution in [-0.4, -0.2) is 42.7 Å². The van der Waals surface area contributed by atoms with Gasteiger partial charge in [0.25, 0.3) is 5.91 Å². The van der Waals surface area contributed by atoms with Gasteiger partial charge in [-0.3, -0.25) is 13.7 Å². The van der Waals surface area contributed by atoms with E-state index in [1.54, 1.807) is 22.8 Å². The molecule has 1 fully saturated rings. The minimum atomic E-state index is -3.53. The summed E-state index contributed by atoms with van der Waals surface area (Å²) >= 11 is 0. The van der Waals surface area contributed by atoms with Gasteiger partial charge in [0.05, 0.1) is 22.5 Å². The second kappa shape index (κ2) is 8.12. The number of hydrogen-bond donors (Lipinski definition) is 2. The van der Waals surface area contributed by atoms with Crippen LogP contribution in [0.1, 0.15) is 47.6 Å². The number of aromatic amines is 1. The highest BCUT2D eigenvalue weighted by Crippen LogP contribution is 2.31. The molecule has 9 heteroatoms. The lowest BCUT2D eigenvalue weighted by molar-refractivity contribution is 0.0956. The fraction of sp³-hybridized carbons (Fsp3) is 0.391. The number of benzene rings is 2. The number of nitrogens with zero attached hydrogens (tertiary/aromatic N) is 2. The van der Waals surface area contributed by atoms with Gasteiger partial charge in [0, 0.05) is 24.7 Å². The average Bonchev–Trinajstić information content (AvgIpc) is 3.50. The van der Waals surface area contributed by atoms with Gasteiger partial charge in [-0.2, -0.15) is 0 Å². The Morgan fingerprint density at radius 1 is 1.12 bits per heavy atom. The molecule has 2 heterocycles. The third-order valence-electron chi connectivity index (χ3n) is 6.49. The number of anilines is 1. The smallest absolute Gasteiger partial charge is 0.326 e. The molecule has 32 heavy (non-hydrogen) atoms. The molecule has 0 bridgehead atoms. The molecule has 1 aromatic heterocycles. The number of H-pyrrole nitrogens is 1. The molecule has 2 N–H and O–H groups in total. The highest BCUT2D eigenvalue weighted by molar-refractivity contribution is 7.92. The van der Waals surface area contributed by atoms with Crippen molar-refractivity contribution < 1.29 is 13.2 Å². The maximum Gasteiger partial charge on any atom is 0.326 e. The van der Waals surface area contributed by atoms with Crippen LogP contribution in [0, 0.1) is 0 Å². The average molecular weight is 455 g/mol. The molecule has 1 aliphatic carbocycles. The van der Waals surface area contributed by atoms with Crippen LogP contribution in [0.2, 0.25) is 0 Å². The van der Waals surface area contributed by atoms with E-state index in [4.69, 9.17) is 0 Å². The van der Waals surface area contributed by atoms with Crippen LogP contribution in [0.4, 0.5) is 5.69 Å². The Balaban J connectivity index is 1.26. The number of para-hydroxylation sites is 1. The van der Waals surface area contributed by atoms with E-state index >= 15 is 0 Å². The quantitative estimate of drug-likeness (QED) is 0.597. The fourth-order valence-electron chi connectivity index (χ4n) is 4.90. The Morgan fingerprint density at radius 2 is 1.91 bits per heavy atom. The van der Waals surface area contributed by atoms with E-state index in [1.807, 2.05) is 24.3 Å². The SMILES string of the molecule is O=C(NCCS(=O)(=O)N1CCc2ccccc21)c1ccc2c(c1)[nH]c(=O)n2C1CCCC1. The summed E-state index contributed by atoms with van der Waals surface area (Å²) in [6, 6.07) is 12.8. The van der Waals surface area contributed by atoms with Gasteiger partial charge in [-0.25, -0.2) is 13.2 Å². The molecule has 0 radical (unpaired) electrons. The molecular formula is C23H26N4O4S. The van der Waals surface area contributed by atoms with Crippen molar-refractivity contribution in [2.24, 2.45) is 0 Å². The summed E-state index contributed by atoms with van der Waals surface area (Å²) in [5.41, 5.74) is 3.40. The monoisotopic (exact) mass is 454 g/mol. The van der Waals surface area contributed by atoms with Gasteiger partial charge in [0.2, 0.25) is 10.0 Å².